The number of aromatic hydroxyl groups is 1. The van der Waals surface area contributed by atoms with Gasteiger partial charge < -0.3 is 20.1 Å². The van der Waals surface area contributed by atoms with Gasteiger partial charge in [-0.3, -0.25) is 9.36 Å². The van der Waals surface area contributed by atoms with Gasteiger partial charge >= 0.3 is 0 Å². The van der Waals surface area contributed by atoms with E-state index in [0.29, 0.717) is 28.7 Å². The van der Waals surface area contributed by atoms with E-state index in [1.54, 1.807) is 25.4 Å². The quantitative estimate of drug-likeness (QED) is 0.376. The third-order valence-corrected chi connectivity index (χ3v) is 6.80. The molecule has 0 amide bonds. The van der Waals surface area contributed by atoms with Crippen LogP contribution in [0.4, 0.5) is 4.39 Å². The molecule has 3 heterocycles. The molecule has 1 fully saturated rings. The Morgan fingerprint density at radius 3 is 2.81 bits per heavy atom. The van der Waals surface area contributed by atoms with Crippen LogP contribution >= 0.6 is 11.6 Å². The Morgan fingerprint density at radius 1 is 1.24 bits per heavy atom. The van der Waals surface area contributed by atoms with Crippen LogP contribution in [-0.4, -0.2) is 57.8 Å². The molecular weight excluding hydrogens is 497 g/mol. The minimum absolute atomic E-state index is 0.168. The average Bonchev–Trinajstić information content (AvgIpc) is 3.36. The Hall–Kier alpha value is -3.53. The molecule has 2 aromatic carbocycles. The fourth-order valence-corrected chi connectivity index (χ4v) is 5.13. The molecule has 0 bridgehead atoms. The molecule has 0 spiro atoms. The van der Waals surface area contributed by atoms with Crippen LogP contribution in [0.25, 0.3) is 27.8 Å². The number of benzene rings is 2. The van der Waals surface area contributed by atoms with E-state index < -0.39 is 11.4 Å². The third kappa shape index (κ3) is 5.29. The largest absolute Gasteiger partial charge is 0.508 e. The second-order valence-electron chi connectivity index (χ2n) is 9.31. The van der Waals surface area contributed by atoms with Crippen molar-refractivity contribution < 1.29 is 14.2 Å². The second-order valence-corrected chi connectivity index (χ2v) is 9.74. The van der Waals surface area contributed by atoms with E-state index in [1.165, 1.54) is 23.0 Å². The van der Waals surface area contributed by atoms with Crippen molar-refractivity contribution in [3.05, 3.63) is 75.7 Å². The molecule has 0 saturated carbocycles. The summed E-state index contributed by atoms with van der Waals surface area (Å²) in [6.45, 7) is 2.24. The standard InChI is InChI=1S/C27H27ClFN5O3/c1-33(13-19-4-3-5-30-19)14-24-23(16-6-17(28)8-22(7-16)37-2)12-31-26-25(24)27(36)34(15-32-26)20-9-18(29)10-21(35)11-20/h6-12,15,19,30,35H,3-5,13-14H2,1-2H3/t19-/m0/s1. The summed E-state index contributed by atoms with van der Waals surface area (Å²) in [5, 5.41) is 14.2. The predicted octanol–water partition coefficient (Wildman–Crippen LogP) is 4.14. The molecule has 2 N–H and O–H groups in total. The molecule has 5 rings (SSSR count). The Morgan fingerprint density at radius 2 is 2.08 bits per heavy atom. The van der Waals surface area contributed by atoms with E-state index in [-0.39, 0.29) is 17.1 Å². The molecule has 2 aromatic heterocycles. The van der Waals surface area contributed by atoms with Crippen molar-refractivity contribution in [1.29, 1.82) is 0 Å². The van der Waals surface area contributed by atoms with Crippen LogP contribution in [0.3, 0.4) is 0 Å². The van der Waals surface area contributed by atoms with Gasteiger partial charge in [-0.25, -0.2) is 14.4 Å². The van der Waals surface area contributed by atoms with Crippen LogP contribution in [0, 0.1) is 5.82 Å². The van der Waals surface area contributed by atoms with E-state index >= 15 is 0 Å². The number of methoxy groups -OCH3 is 1. The highest BCUT2D eigenvalue weighted by Crippen LogP contribution is 2.33. The molecule has 192 valence electrons. The summed E-state index contributed by atoms with van der Waals surface area (Å²) in [4.78, 5) is 24.9. The first-order chi connectivity index (χ1) is 17.8. The lowest BCUT2D eigenvalue weighted by Gasteiger charge is -2.23. The molecule has 0 aliphatic carbocycles. The Labute approximate surface area is 218 Å². The Kier molecular flexibility index (Phi) is 7.10. The summed E-state index contributed by atoms with van der Waals surface area (Å²) in [5.74, 6) is -0.372. The molecule has 4 aromatic rings. The van der Waals surface area contributed by atoms with Crippen molar-refractivity contribution in [2.75, 3.05) is 27.2 Å². The van der Waals surface area contributed by atoms with Gasteiger partial charge in [-0.05, 0) is 61.8 Å². The molecule has 1 atom stereocenters. The average molecular weight is 524 g/mol. The topological polar surface area (TPSA) is 92.5 Å². The summed E-state index contributed by atoms with van der Waals surface area (Å²) in [5.41, 5.74) is 2.23. The third-order valence-electron chi connectivity index (χ3n) is 6.58. The van der Waals surface area contributed by atoms with Crippen LogP contribution in [0.5, 0.6) is 11.5 Å². The fourth-order valence-electron chi connectivity index (χ4n) is 4.90. The van der Waals surface area contributed by atoms with Gasteiger partial charge in [-0.1, -0.05) is 11.6 Å². The first kappa shape index (κ1) is 25.1. The lowest BCUT2D eigenvalue weighted by molar-refractivity contribution is 0.294. The summed E-state index contributed by atoms with van der Waals surface area (Å²) in [6, 6.07) is 9.19. The minimum Gasteiger partial charge on any atom is -0.508 e. The number of hydrogen-bond donors (Lipinski definition) is 2. The zero-order valence-electron chi connectivity index (χ0n) is 20.5. The molecule has 1 saturated heterocycles. The van der Waals surface area contributed by atoms with Crippen molar-refractivity contribution >= 4 is 22.6 Å². The number of phenolic OH excluding ortho intramolecular Hbond substituents is 1. The van der Waals surface area contributed by atoms with Crippen molar-refractivity contribution in [2.24, 2.45) is 0 Å². The SMILES string of the molecule is COc1cc(Cl)cc(-c2cnc3ncn(-c4cc(O)cc(F)c4)c(=O)c3c2CN(C)C[C@@H]2CCCN2)c1. The van der Waals surface area contributed by atoms with Crippen molar-refractivity contribution in [1.82, 2.24) is 24.8 Å². The van der Waals surface area contributed by atoms with Crippen molar-refractivity contribution in [2.45, 2.75) is 25.4 Å². The summed E-state index contributed by atoms with van der Waals surface area (Å²) >= 11 is 6.38. The monoisotopic (exact) mass is 523 g/mol. The zero-order chi connectivity index (χ0) is 26.1. The number of halogens is 2. The first-order valence-electron chi connectivity index (χ1n) is 12.0. The Bertz CT molecular complexity index is 1500. The van der Waals surface area contributed by atoms with Crippen LogP contribution < -0.4 is 15.6 Å². The van der Waals surface area contributed by atoms with E-state index in [4.69, 9.17) is 16.3 Å². The number of nitrogens with one attached hydrogen (secondary N) is 1. The van der Waals surface area contributed by atoms with Gasteiger partial charge in [0.1, 0.15) is 23.6 Å². The number of rotatable bonds is 7. The highest BCUT2D eigenvalue weighted by atomic mass is 35.5. The van der Waals surface area contributed by atoms with Gasteiger partial charge in [0.05, 0.1) is 18.2 Å². The molecule has 37 heavy (non-hydrogen) atoms. The number of ether oxygens (including phenoxy) is 1. The number of hydrogen-bond acceptors (Lipinski definition) is 7. The number of fused-ring (bicyclic) bond motifs is 1. The lowest BCUT2D eigenvalue weighted by atomic mass is 9.98. The molecule has 1 aliphatic heterocycles. The van der Waals surface area contributed by atoms with Gasteiger partial charge in [-0.2, -0.15) is 0 Å². The molecule has 0 radical (unpaired) electrons. The van der Waals surface area contributed by atoms with Gasteiger partial charge in [0, 0.05) is 48.0 Å². The van der Waals surface area contributed by atoms with E-state index in [9.17, 15) is 14.3 Å². The lowest BCUT2D eigenvalue weighted by Crippen LogP contribution is -2.35. The number of aromatic nitrogens is 3. The number of phenols is 1. The van der Waals surface area contributed by atoms with E-state index in [2.05, 4.69) is 20.2 Å². The smallest absolute Gasteiger partial charge is 0.267 e. The van der Waals surface area contributed by atoms with Crippen molar-refractivity contribution in [3.63, 3.8) is 0 Å². The van der Waals surface area contributed by atoms with Gasteiger partial charge in [0.25, 0.3) is 5.56 Å². The molecule has 0 unspecified atom stereocenters. The van der Waals surface area contributed by atoms with Gasteiger partial charge in [0.15, 0.2) is 5.65 Å². The van der Waals surface area contributed by atoms with Crippen LogP contribution in [0.1, 0.15) is 18.4 Å². The maximum atomic E-state index is 14.1. The normalized spacial score (nSPS) is 15.5. The maximum absolute atomic E-state index is 14.1. The van der Waals surface area contributed by atoms with E-state index in [1.807, 2.05) is 13.1 Å². The first-order valence-corrected chi connectivity index (χ1v) is 12.4. The predicted molar refractivity (Wildman–Crippen MR) is 141 cm³/mol. The minimum atomic E-state index is -0.663. The van der Waals surface area contributed by atoms with E-state index in [0.717, 1.165) is 48.7 Å². The summed E-state index contributed by atoms with van der Waals surface area (Å²) < 4.78 is 20.7. The van der Waals surface area contributed by atoms with Crippen LogP contribution in [0.15, 0.2) is 53.7 Å². The summed E-state index contributed by atoms with van der Waals surface area (Å²) in [6.07, 6.45) is 5.22. The number of pyridine rings is 1. The second kappa shape index (κ2) is 10.5. The molecule has 8 nitrogen and oxygen atoms in total. The highest BCUT2D eigenvalue weighted by molar-refractivity contribution is 6.31. The zero-order valence-corrected chi connectivity index (χ0v) is 21.3. The maximum Gasteiger partial charge on any atom is 0.267 e. The highest BCUT2D eigenvalue weighted by Gasteiger charge is 2.21. The van der Waals surface area contributed by atoms with Gasteiger partial charge in [-0.15, -0.1) is 0 Å². The molecule has 10 heteroatoms. The molecule has 1 aliphatic rings. The number of likely N-dealkylation sites (N-methyl/N-ethyl adjacent to an activating group) is 1. The van der Waals surface area contributed by atoms with Crippen LogP contribution in [-0.2, 0) is 6.54 Å². The van der Waals surface area contributed by atoms with Crippen LogP contribution in [0.2, 0.25) is 5.02 Å². The fraction of sp³-hybridized carbons (Fsp3) is 0.296. The summed E-state index contributed by atoms with van der Waals surface area (Å²) in [7, 11) is 3.57. The number of nitrogens with zero attached hydrogens (tertiary/aromatic N) is 4. The van der Waals surface area contributed by atoms with Gasteiger partial charge in [0.2, 0.25) is 0 Å². The van der Waals surface area contributed by atoms with Crippen molar-refractivity contribution in [3.8, 4) is 28.3 Å². The molecular formula is C27H27ClFN5O3. The Balaban J connectivity index is 1.71.